The van der Waals surface area contributed by atoms with Gasteiger partial charge in [-0.1, -0.05) is 29.5 Å². The van der Waals surface area contributed by atoms with E-state index in [1.54, 1.807) is 44.8 Å². The monoisotopic (exact) mass is 590 g/mol. The van der Waals surface area contributed by atoms with Crippen LogP contribution in [0.5, 0.6) is 11.5 Å². The second-order valence-corrected chi connectivity index (χ2v) is 9.72. The van der Waals surface area contributed by atoms with Crippen LogP contribution in [0.15, 0.2) is 63.5 Å². The number of carbonyl (C=O) groups excluding carboxylic acids is 1. The lowest BCUT2D eigenvalue weighted by atomic mass is 9.95. The molecule has 0 amide bonds. The van der Waals surface area contributed by atoms with E-state index < -0.39 is 12.0 Å². The van der Waals surface area contributed by atoms with Gasteiger partial charge in [0.05, 0.1) is 42.7 Å². The molecule has 1 aromatic heterocycles. The highest BCUT2D eigenvalue weighted by Crippen LogP contribution is 2.36. The summed E-state index contributed by atoms with van der Waals surface area (Å²) in [7, 11) is 3.10. The third-order valence-corrected chi connectivity index (χ3v) is 7.11. The smallest absolute Gasteiger partial charge is 0.338 e. The van der Waals surface area contributed by atoms with Crippen LogP contribution in [-0.4, -0.2) is 31.4 Å². The van der Waals surface area contributed by atoms with Gasteiger partial charge in [-0.05, 0) is 77.9 Å². The predicted octanol–water partition coefficient (Wildman–Crippen LogP) is 3.42. The van der Waals surface area contributed by atoms with E-state index in [1.165, 1.54) is 11.3 Å². The molecule has 7 nitrogen and oxygen atoms in total. The molecule has 0 bridgehead atoms. The number of benzene rings is 2. The molecule has 1 aliphatic heterocycles. The molecule has 2 aromatic carbocycles. The van der Waals surface area contributed by atoms with Crippen LogP contribution in [0, 0.1) is 3.57 Å². The molecule has 0 radical (unpaired) electrons. The molecule has 4 rings (SSSR count). The maximum atomic E-state index is 13.6. The highest BCUT2D eigenvalue weighted by Gasteiger charge is 2.33. The van der Waals surface area contributed by atoms with Crippen LogP contribution in [-0.2, 0) is 9.53 Å². The zero-order chi connectivity index (χ0) is 24.4. The van der Waals surface area contributed by atoms with E-state index >= 15 is 0 Å². The van der Waals surface area contributed by atoms with Crippen LogP contribution in [0.25, 0.3) is 6.08 Å². The van der Waals surface area contributed by atoms with Gasteiger partial charge in [-0.25, -0.2) is 9.79 Å². The number of rotatable bonds is 6. The van der Waals surface area contributed by atoms with Gasteiger partial charge in [0.1, 0.15) is 0 Å². The van der Waals surface area contributed by atoms with E-state index in [-0.39, 0.29) is 12.2 Å². The Morgan fingerprint density at radius 1 is 1.15 bits per heavy atom. The Hall–Kier alpha value is -2.92. The third-order valence-electron chi connectivity index (χ3n) is 5.41. The van der Waals surface area contributed by atoms with Gasteiger partial charge in [0.2, 0.25) is 0 Å². The number of thiazole rings is 1. The fourth-order valence-electron chi connectivity index (χ4n) is 3.84. The van der Waals surface area contributed by atoms with E-state index in [1.807, 2.05) is 36.4 Å². The summed E-state index contributed by atoms with van der Waals surface area (Å²) < 4.78 is 19.4. The Balaban J connectivity index is 1.96. The van der Waals surface area contributed by atoms with Crippen molar-refractivity contribution in [1.29, 1.82) is 0 Å². The number of hydrogen-bond acceptors (Lipinski definition) is 7. The number of halogens is 1. The first-order chi connectivity index (χ1) is 16.4. The van der Waals surface area contributed by atoms with Crippen LogP contribution in [0.1, 0.15) is 31.0 Å². The molecule has 2 heterocycles. The highest BCUT2D eigenvalue weighted by molar-refractivity contribution is 14.1. The van der Waals surface area contributed by atoms with Crippen molar-refractivity contribution in [3.05, 3.63) is 88.1 Å². The first-order valence-electron chi connectivity index (χ1n) is 10.5. The summed E-state index contributed by atoms with van der Waals surface area (Å²) in [5.74, 6) is 0.546. The summed E-state index contributed by atoms with van der Waals surface area (Å²) >= 11 is 3.53. The number of carbonyl (C=O) groups is 1. The Labute approximate surface area is 214 Å². The van der Waals surface area contributed by atoms with Crippen molar-refractivity contribution in [2.24, 2.45) is 4.99 Å². The predicted molar refractivity (Wildman–Crippen MR) is 139 cm³/mol. The minimum absolute atomic E-state index is 0.214. The van der Waals surface area contributed by atoms with Gasteiger partial charge >= 0.3 is 5.97 Å². The minimum Gasteiger partial charge on any atom is -0.493 e. The van der Waals surface area contributed by atoms with E-state index in [0.717, 1.165) is 9.13 Å². The molecule has 0 saturated carbocycles. The molecule has 0 saturated heterocycles. The minimum atomic E-state index is -0.714. The van der Waals surface area contributed by atoms with Crippen molar-refractivity contribution >= 4 is 46.0 Å². The summed E-state index contributed by atoms with van der Waals surface area (Å²) in [6.45, 7) is 3.72. The average molecular weight is 590 g/mol. The maximum Gasteiger partial charge on any atom is 0.338 e. The standard InChI is InChI=1S/C25H23IN2O5S/c1-5-33-24(30)21-14(2)27-25-28(22(21)16-8-11-18(31-3)19(13-16)32-4)23(29)20(34-25)12-15-6-9-17(26)10-7-15/h6-13,22H,5H2,1-4H3/b20-12-/t22-/m0/s1. The molecule has 9 heteroatoms. The van der Waals surface area contributed by atoms with Gasteiger partial charge in [0.15, 0.2) is 16.3 Å². The summed E-state index contributed by atoms with van der Waals surface area (Å²) in [5, 5.41) is 0. The topological polar surface area (TPSA) is 79.1 Å². The molecule has 34 heavy (non-hydrogen) atoms. The first-order valence-corrected chi connectivity index (χ1v) is 12.4. The summed E-state index contributed by atoms with van der Waals surface area (Å²) in [4.78, 5) is 31.8. The van der Waals surface area contributed by atoms with Gasteiger partial charge in [-0.15, -0.1) is 0 Å². The Bertz CT molecular complexity index is 1450. The van der Waals surface area contributed by atoms with Crippen molar-refractivity contribution in [1.82, 2.24) is 4.57 Å². The summed E-state index contributed by atoms with van der Waals surface area (Å²) in [5.41, 5.74) is 2.21. The normalized spacial score (nSPS) is 15.6. The van der Waals surface area contributed by atoms with Crippen LogP contribution >= 0.6 is 33.9 Å². The highest BCUT2D eigenvalue weighted by atomic mass is 127. The lowest BCUT2D eigenvalue weighted by molar-refractivity contribution is -0.139. The average Bonchev–Trinajstić information content (AvgIpc) is 3.13. The second-order valence-electron chi connectivity index (χ2n) is 7.47. The number of nitrogens with zero attached hydrogens (tertiary/aromatic N) is 2. The van der Waals surface area contributed by atoms with Gasteiger partial charge in [0.25, 0.3) is 5.56 Å². The molecule has 0 N–H and O–H groups in total. The number of fused-ring (bicyclic) bond motifs is 1. The molecule has 1 aliphatic rings. The zero-order valence-electron chi connectivity index (χ0n) is 19.1. The van der Waals surface area contributed by atoms with Crippen molar-refractivity contribution in [2.75, 3.05) is 20.8 Å². The molecule has 0 aliphatic carbocycles. The molecule has 1 atom stereocenters. The van der Waals surface area contributed by atoms with E-state index in [2.05, 4.69) is 27.6 Å². The number of hydrogen-bond donors (Lipinski definition) is 0. The molecular formula is C25H23IN2O5S. The maximum absolute atomic E-state index is 13.6. The van der Waals surface area contributed by atoms with Gasteiger partial charge in [-0.3, -0.25) is 9.36 Å². The number of allylic oxidation sites excluding steroid dienone is 1. The number of esters is 1. The van der Waals surface area contributed by atoms with Crippen molar-refractivity contribution < 1.29 is 19.0 Å². The summed E-state index contributed by atoms with van der Waals surface area (Å²) in [6, 6.07) is 12.5. The van der Waals surface area contributed by atoms with Crippen LogP contribution in [0.4, 0.5) is 0 Å². The number of ether oxygens (including phenoxy) is 3. The van der Waals surface area contributed by atoms with Crippen molar-refractivity contribution in [2.45, 2.75) is 19.9 Å². The molecule has 0 fully saturated rings. The molecule has 176 valence electrons. The third kappa shape index (κ3) is 4.54. The Morgan fingerprint density at radius 2 is 1.85 bits per heavy atom. The van der Waals surface area contributed by atoms with E-state index in [4.69, 9.17) is 14.2 Å². The SMILES string of the molecule is CCOC(=O)C1=C(C)N=c2s/c(=C\c3ccc(I)cc3)c(=O)n2[C@H]1c1ccc(OC)c(OC)c1. The van der Waals surface area contributed by atoms with Crippen molar-refractivity contribution in [3.8, 4) is 11.5 Å². The van der Waals surface area contributed by atoms with Gasteiger partial charge in [-0.2, -0.15) is 0 Å². The Kier molecular flexibility index (Phi) is 7.22. The molecule has 0 unspecified atom stereocenters. The van der Waals surface area contributed by atoms with Crippen LogP contribution in [0.2, 0.25) is 0 Å². The number of aromatic nitrogens is 1. The fraction of sp³-hybridized carbons (Fsp3) is 0.240. The lowest BCUT2D eigenvalue weighted by Gasteiger charge is -2.25. The van der Waals surface area contributed by atoms with E-state index in [9.17, 15) is 9.59 Å². The van der Waals surface area contributed by atoms with Gasteiger partial charge < -0.3 is 14.2 Å². The van der Waals surface area contributed by atoms with Crippen LogP contribution in [0.3, 0.4) is 0 Å². The largest absolute Gasteiger partial charge is 0.493 e. The molecule has 0 spiro atoms. The van der Waals surface area contributed by atoms with Gasteiger partial charge in [0, 0.05) is 3.57 Å². The zero-order valence-corrected chi connectivity index (χ0v) is 22.1. The number of methoxy groups -OCH3 is 2. The fourth-order valence-corrected chi connectivity index (χ4v) is 5.25. The lowest BCUT2D eigenvalue weighted by Crippen LogP contribution is -2.39. The Morgan fingerprint density at radius 3 is 2.50 bits per heavy atom. The van der Waals surface area contributed by atoms with Crippen LogP contribution < -0.4 is 24.4 Å². The van der Waals surface area contributed by atoms with Crippen molar-refractivity contribution in [3.63, 3.8) is 0 Å². The quantitative estimate of drug-likeness (QED) is 0.325. The molecular weight excluding hydrogens is 567 g/mol. The summed E-state index contributed by atoms with van der Waals surface area (Å²) in [6.07, 6.45) is 1.84. The van der Waals surface area contributed by atoms with E-state index in [0.29, 0.717) is 37.7 Å². The molecule has 3 aromatic rings. The second kappa shape index (κ2) is 10.1. The first kappa shape index (κ1) is 24.2.